The summed E-state index contributed by atoms with van der Waals surface area (Å²) in [6, 6.07) is 15.6. The Labute approximate surface area is 142 Å². The van der Waals surface area contributed by atoms with E-state index in [-0.39, 0.29) is 11.9 Å². The predicted molar refractivity (Wildman–Crippen MR) is 92.6 cm³/mol. The first-order chi connectivity index (χ1) is 11.7. The van der Waals surface area contributed by atoms with Gasteiger partial charge in [0.1, 0.15) is 0 Å². The average Bonchev–Trinajstić information content (AvgIpc) is 2.62. The summed E-state index contributed by atoms with van der Waals surface area (Å²) in [5.74, 6) is -0.0463. The Bertz CT molecular complexity index is 786. The minimum atomic E-state index is -0.0463. The first-order valence-electron chi connectivity index (χ1n) is 8.17. The summed E-state index contributed by atoms with van der Waals surface area (Å²) in [4.78, 5) is 12.5. The first-order valence-corrected chi connectivity index (χ1v) is 8.17. The Morgan fingerprint density at radius 2 is 2.00 bits per heavy atom. The highest BCUT2D eigenvalue weighted by atomic mass is 16.5. The van der Waals surface area contributed by atoms with E-state index in [1.165, 1.54) is 0 Å². The van der Waals surface area contributed by atoms with Crippen LogP contribution in [0.5, 0.6) is 0 Å². The van der Waals surface area contributed by atoms with Gasteiger partial charge in [-0.1, -0.05) is 18.2 Å². The number of hydrogen-bond donors (Lipinski definition) is 1. The third-order valence-electron chi connectivity index (χ3n) is 4.35. The zero-order chi connectivity index (χ0) is 16.9. The van der Waals surface area contributed by atoms with Crippen molar-refractivity contribution in [2.45, 2.75) is 25.8 Å². The molecule has 0 aliphatic carbocycles. The maximum atomic E-state index is 12.5. The maximum absolute atomic E-state index is 12.5. The van der Waals surface area contributed by atoms with E-state index in [9.17, 15) is 4.79 Å². The van der Waals surface area contributed by atoms with Gasteiger partial charge in [0.2, 0.25) is 0 Å². The minimum absolute atomic E-state index is 0.0463. The van der Waals surface area contributed by atoms with Crippen molar-refractivity contribution >= 4 is 5.91 Å². The summed E-state index contributed by atoms with van der Waals surface area (Å²) >= 11 is 0. The molecule has 1 N–H and O–H groups in total. The van der Waals surface area contributed by atoms with Crippen molar-refractivity contribution in [1.29, 1.82) is 5.26 Å². The van der Waals surface area contributed by atoms with Gasteiger partial charge in [-0.2, -0.15) is 5.26 Å². The second kappa shape index (κ2) is 7.29. The number of amides is 1. The van der Waals surface area contributed by atoms with Crippen LogP contribution in [0, 0.1) is 18.3 Å². The van der Waals surface area contributed by atoms with Gasteiger partial charge in [0.15, 0.2) is 0 Å². The van der Waals surface area contributed by atoms with Crippen LogP contribution in [-0.2, 0) is 4.74 Å². The van der Waals surface area contributed by atoms with Crippen LogP contribution < -0.4 is 5.32 Å². The lowest BCUT2D eigenvalue weighted by Gasteiger charge is -2.23. The van der Waals surface area contributed by atoms with E-state index in [1.54, 1.807) is 6.07 Å². The molecular weight excluding hydrogens is 300 g/mol. The molecule has 0 spiro atoms. The van der Waals surface area contributed by atoms with Crippen LogP contribution in [0.25, 0.3) is 11.1 Å². The summed E-state index contributed by atoms with van der Waals surface area (Å²) in [5.41, 5.74) is 4.34. The lowest BCUT2D eigenvalue weighted by Crippen LogP contribution is -2.38. The van der Waals surface area contributed by atoms with Gasteiger partial charge in [-0.15, -0.1) is 0 Å². The molecule has 1 fully saturated rings. The van der Waals surface area contributed by atoms with Crippen molar-refractivity contribution < 1.29 is 9.53 Å². The van der Waals surface area contributed by atoms with Crippen molar-refractivity contribution in [2.75, 3.05) is 13.2 Å². The fourth-order valence-corrected chi connectivity index (χ4v) is 3.00. The largest absolute Gasteiger partial charge is 0.381 e. The minimum Gasteiger partial charge on any atom is -0.381 e. The van der Waals surface area contributed by atoms with Crippen LogP contribution in [-0.4, -0.2) is 25.2 Å². The highest BCUT2D eigenvalue weighted by Gasteiger charge is 2.17. The molecule has 0 radical (unpaired) electrons. The molecule has 122 valence electrons. The number of nitrogens with zero attached hydrogens (tertiary/aromatic N) is 1. The summed E-state index contributed by atoms with van der Waals surface area (Å²) in [5, 5.41) is 12.1. The number of rotatable bonds is 3. The Kier molecular flexibility index (Phi) is 4.93. The quantitative estimate of drug-likeness (QED) is 0.942. The Hall–Kier alpha value is -2.64. The highest BCUT2D eigenvalue weighted by molar-refractivity contribution is 5.95. The SMILES string of the molecule is Cc1cc(C#N)ccc1-c1cccc(C(=O)NC2CCOCC2)c1. The highest BCUT2D eigenvalue weighted by Crippen LogP contribution is 2.25. The van der Waals surface area contributed by atoms with Crippen molar-refractivity contribution in [3.63, 3.8) is 0 Å². The molecule has 1 aliphatic heterocycles. The van der Waals surface area contributed by atoms with E-state index in [0.717, 1.165) is 29.5 Å². The third-order valence-corrected chi connectivity index (χ3v) is 4.35. The van der Waals surface area contributed by atoms with Crippen LogP contribution in [0.3, 0.4) is 0 Å². The molecule has 0 saturated carbocycles. The van der Waals surface area contributed by atoms with Crippen LogP contribution in [0.4, 0.5) is 0 Å². The smallest absolute Gasteiger partial charge is 0.251 e. The Balaban J connectivity index is 1.81. The summed E-state index contributed by atoms with van der Waals surface area (Å²) < 4.78 is 5.32. The molecule has 3 rings (SSSR count). The second-order valence-corrected chi connectivity index (χ2v) is 6.08. The monoisotopic (exact) mass is 320 g/mol. The number of nitrogens with one attached hydrogen (secondary N) is 1. The van der Waals surface area contributed by atoms with Crippen molar-refractivity contribution in [1.82, 2.24) is 5.32 Å². The molecule has 1 amide bonds. The van der Waals surface area contributed by atoms with E-state index < -0.39 is 0 Å². The molecule has 0 bridgehead atoms. The third kappa shape index (κ3) is 3.64. The van der Waals surface area contributed by atoms with Crippen LogP contribution in [0.15, 0.2) is 42.5 Å². The number of ether oxygens (including phenoxy) is 1. The Morgan fingerprint density at radius 1 is 1.21 bits per heavy atom. The van der Waals surface area contributed by atoms with E-state index in [1.807, 2.05) is 43.3 Å². The standard InChI is InChI=1S/C20H20N2O2/c1-14-11-15(13-21)5-6-19(14)16-3-2-4-17(12-16)20(23)22-18-7-9-24-10-8-18/h2-6,11-12,18H,7-10H2,1H3,(H,22,23). The topological polar surface area (TPSA) is 62.1 Å². The van der Waals surface area contributed by atoms with Gasteiger partial charge in [0.05, 0.1) is 11.6 Å². The molecule has 1 saturated heterocycles. The van der Waals surface area contributed by atoms with Gasteiger partial charge in [-0.25, -0.2) is 0 Å². The van der Waals surface area contributed by atoms with Crippen LogP contribution in [0.2, 0.25) is 0 Å². The normalized spacial score (nSPS) is 14.8. The van der Waals surface area contributed by atoms with Gasteiger partial charge < -0.3 is 10.1 Å². The zero-order valence-electron chi connectivity index (χ0n) is 13.7. The molecular formula is C20H20N2O2. The number of nitriles is 1. The average molecular weight is 320 g/mol. The van der Waals surface area contributed by atoms with Gasteiger partial charge in [-0.05, 0) is 60.7 Å². The fraction of sp³-hybridized carbons (Fsp3) is 0.300. The molecule has 0 unspecified atom stereocenters. The van der Waals surface area contributed by atoms with Crippen LogP contribution in [0.1, 0.15) is 34.3 Å². The van der Waals surface area contributed by atoms with Crippen molar-refractivity contribution in [3.8, 4) is 17.2 Å². The number of hydrogen-bond acceptors (Lipinski definition) is 3. The lowest BCUT2D eigenvalue weighted by molar-refractivity contribution is 0.0696. The van der Waals surface area contributed by atoms with Gasteiger partial charge in [-0.3, -0.25) is 4.79 Å². The second-order valence-electron chi connectivity index (χ2n) is 6.08. The predicted octanol–water partition coefficient (Wildman–Crippen LogP) is 3.44. The molecule has 1 aliphatic rings. The molecule has 0 atom stereocenters. The molecule has 24 heavy (non-hydrogen) atoms. The van der Waals surface area contributed by atoms with E-state index >= 15 is 0 Å². The van der Waals surface area contributed by atoms with Crippen molar-refractivity contribution in [3.05, 3.63) is 59.2 Å². The Morgan fingerprint density at radius 3 is 2.71 bits per heavy atom. The number of carbonyl (C=O) groups is 1. The van der Waals surface area contributed by atoms with Gasteiger partial charge in [0, 0.05) is 24.8 Å². The maximum Gasteiger partial charge on any atom is 0.251 e. The molecule has 1 heterocycles. The molecule has 4 heteroatoms. The number of benzene rings is 2. The van der Waals surface area contributed by atoms with E-state index in [4.69, 9.17) is 10.00 Å². The van der Waals surface area contributed by atoms with E-state index in [0.29, 0.717) is 24.3 Å². The number of carbonyl (C=O) groups excluding carboxylic acids is 1. The van der Waals surface area contributed by atoms with Gasteiger partial charge >= 0.3 is 0 Å². The summed E-state index contributed by atoms with van der Waals surface area (Å²) in [6.07, 6.45) is 1.72. The van der Waals surface area contributed by atoms with E-state index in [2.05, 4.69) is 11.4 Å². The summed E-state index contributed by atoms with van der Waals surface area (Å²) in [6.45, 7) is 3.38. The first kappa shape index (κ1) is 16.2. The van der Waals surface area contributed by atoms with Gasteiger partial charge in [0.25, 0.3) is 5.91 Å². The zero-order valence-corrected chi connectivity index (χ0v) is 13.7. The summed E-state index contributed by atoms with van der Waals surface area (Å²) in [7, 11) is 0. The lowest BCUT2D eigenvalue weighted by atomic mass is 9.97. The molecule has 2 aromatic rings. The molecule has 4 nitrogen and oxygen atoms in total. The van der Waals surface area contributed by atoms with Crippen molar-refractivity contribution in [2.24, 2.45) is 0 Å². The molecule has 0 aromatic heterocycles. The number of aryl methyl sites for hydroxylation is 1. The molecule has 2 aromatic carbocycles. The fourth-order valence-electron chi connectivity index (χ4n) is 3.00. The van der Waals surface area contributed by atoms with Crippen LogP contribution >= 0.6 is 0 Å².